The topological polar surface area (TPSA) is 51.5 Å². The summed E-state index contributed by atoms with van der Waals surface area (Å²) >= 11 is 0. The van der Waals surface area contributed by atoms with E-state index in [4.69, 9.17) is 9.84 Å². The van der Waals surface area contributed by atoms with Gasteiger partial charge in [-0.25, -0.2) is 0 Å². The van der Waals surface area contributed by atoms with Crippen LogP contribution in [-0.4, -0.2) is 28.4 Å². The highest BCUT2D eigenvalue weighted by atomic mass is 16.5. The molecule has 0 saturated carbocycles. The molecule has 1 atom stereocenters. The molecule has 3 rings (SSSR count). The first-order valence-corrected chi connectivity index (χ1v) is 7.14. The van der Waals surface area contributed by atoms with Crippen molar-refractivity contribution in [3.8, 4) is 0 Å². The number of aliphatic carboxylic acids is 1. The van der Waals surface area contributed by atoms with Gasteiger partial charge < -0.3 is 14.4 Å². The highest BCUT2D eigenvalue weighted by Crippen LogP contribution is 2.24. The molecule has 1 N–H and O–H groups in total. The van der Waals surface area contributed by atoms with Gasteiger partial charge in [0.05, 0.1) is 12.5 Å². The zero-order valence-corrected chi connectivity index (χ0v) is 11.4. The zero-order chi connectivity index (χ0) is 13.9. The number of fused-ring (bicyclic) bond motifs is 1. The van der Waals surface area contributed by atoms with Crippen LogP contribution in [-0.2, 0) is 22.5 Å². The maximum absolute atomic E-state index is 11.0. The summed E-state index contributed by atoms with van der Waals surface area (Å²) < 4.78 is 7.93. The largest absolute Gasteiger partial charge is 0.481 e. The summed E-state index contributed by atoms with van der Waals surface area (Å²) in [5, 5.41) is 10.1. The molecular formula is C16H19NO3. The Kier molecular flexibility index (Phi) is 3.74. The fourth-order valence-electron chi connectivity index (χ4n) is 2.95. The third-order valence-corrected chi connectivity index (χ3v) is 3.89. The number of hydrogen-bond acceptors (Lipinski definition) is 2. The Labute approximate surface area is 118 Å². The molecule has 2 aromatic rings. The number of rotatable bonds is 4. The van der Waals surface area contributed by atoms with Gasteiger partial charge in [0.2, 0.25) is 0 Å². The number of carboxylic acids is 1. The Morgan fingerprint density at radius 1 is 1.35 bits per heavy atom. The van der Waals surface area contributed by atoms with Crippen LogP contribution in [0.25, 0.3) is 10.9 Å². The molecule has 0 bridgehead atoms. The number of hydrogen-bond donors (Lipinski definition) is 1. The summed E-state index contributed by atoms with van der Waals surface area (Å²) in [5.41, 5.74) is 1.97. The van der Waals surface area contributed by atoms with Crippen LogP contribution < -0.4 is 0 Å². The molecule has 1 fully saturated rings. The van der Waals surface area contributed by atoms with Crippen LogP contribution in [0.1, 0.15) is 24.8 Å². The highest BCUT2D eigenvalue weighted by molar-refractivity contribution is 5.87. The van der Waals surface area contributed by atoms with Gasteiger partial charge in [-0.05, 0) is 30.9 Å². The first-order valence-electron chi connectivity index (χ1n) is 7.14. The van der Waals surface area contributed by atoms with Crippen LogP contribution in [0.4, 0.5) is 0 Å². The molecule has 106 valence electrons. The van der Waals surface area contributed by atoms with Crippen LogP contribution in [0.15, 0.2) is 30.5 Å². The minimum absolute atomic E-state index is 0.0685. The van der Waals surface area contributed by atoms with E-state index >= 15 is 0 Å². The van der Waals surface area contributed by atoms with E-state index < -0.39 is 5.97 Å². The Bertz CT molecular complexity index is 611. The average molecular weight is 273 g/mol. The number of para-hydroxylation sites is 1. The lowest BCUT2D eigenvalue weighted by Crippen LogP contribution is -2.24. The van der Waals surface area contributed by atoms with Crippen molar-refractivity contribution >= 4 is 16.9 Å². The number of nitrogens with zero attached hydrogens (tertiary/aromatic N) is 1. The van der Waals surface area contributed by atoms with E-state index in [1.807, 2.05) is 30.5 Å². The molecule has 1 aromatic carbocycles. The van der Waals surface area contributed by atoms with Crippen LogP contribution in [0.2, 0.25) is 0 Å². The summed E-state index contributed by atoms with van der Waals surface area (Å²) in [6.07, 6.45) is 5.73. The van der Waals surface area contributed by atoms with Gasteiger partial charge in [0, 0.05) is 30.3 Å². The van der Waals surface area contributed by atoms with Crippen LogP contribution in [0, 0.1) is 0 Å². The molecule has 4 heteroatoms. The Balaban J connectivity index is 1.91. The van der Waals surface area contributed by atoms with E-state index in [1.165, 1.54) is 6.42 Å². The summed E-state index contributed by atoms with van der Waals surface area (Å²) in [5.74, 6) is -0.790. The predicted molar refractivity (Wildman–Crippen MR) is 76.9 cm³/mol. The smallest absolute Gasteiger partial charge is 0.307 e. The monoisotopic (exact) mass is 273 g/mol. The third kappa shape index (κ3) is 2.70. The molecule has 4 nitrogen and oxygen atoms in total. The van der Waals surface area contributed by atoms with Crippen molar-refractivity contribution < 1.29 is 14.6 Å². The van der Waals surface area contributed by atoms with Crippen molar-refractivity contribution in [2.24, 2.45) is 0 Å². The molecule has 20 heavy (non-hydrogen) atoms. The van der Waals surface area contributed by atoms with Gasteiger partial charge in [-0.3, -0.25) is 4.79 Å². The lowest BCUT2D eigenvalue weighted by atomic mass is 10.1. The average Bonchev–Trinajstić information content (AvgIpc) is 2.78. The molecule has 1 unspecified atom stereocenters. The number of carboxylic acid groups (broad SMARTS) is 1. The first-order chi connectivity index (χ1) is 9.74. The molecule has 0 spiro atoms. The van der Waals surface area contributed by atoms with E-state index in [0.29, 0.717) is 0 Å². The molecular weight excluding hydrogens is 254 g/mol. The normalized spacial score (nSPS) is 19.3. The van der Waals surface area contributed by atoms with Crippen LogP contribution in [0.3, 0.4) is 0 Å². The van der Waals surface area contributed by atoms with Crippen molar-refractivity contribution in [1.29, 1.82) is 0 Å². The molecule has 0 aliphatic carbocycles. The van der Waals surface area contributed by atoms with Gasteiger partial charge in [0.15, 0.2) is 0 Å². The predicted octanol–water partition coefficient (Wildman–Crippen LogP) is 2.84. The molecule has 0 radical (unpaired) electrons. The fraction of sp³-hybridized carbons (Fsp3) is 0.438. The summed E-state index contributed by atoms with van der Waals surface area (Å²) in [6.45, 7) is 1.64. The number of ether oxygens (including phenoxy) is 1. The van der Waals surface area contributed by atoms with E-state index in [0.717, 1.165) is 42.5 Å². The van der Waals surface area contributed by atoms with Crippen LogP contribution in [0.5, 0.6) is 0 Å². The van der Waals surface area contributed by atoms with Crippen molar-refractivity contribution in [1.82, 2.24) is 4.57 Å². The van der Waals surface area contributed by atoms with E-state index in [1.54, 1.807) is 0 Å². The van der Waals surface area contributed by atoms with Crippen molar-refractivity contribution in [3.63, 3.8) is 0 Å². The molecule has 1 saturated heterocycles. The minimum Gasteiger partial charge on any atom is -0.481 e. The second kappa shape index (κ2) is 5.67. The quantitative estimate of drug-likeness (QED) is 0.932. The Hall–Kier alpha value is -1.81. The van der Waals surface area contributed by atoms with Gasteiger partial charge in [0.1, 0.15) is 0 Å². The van der Waals surface area contributed by atoms with E-state index in [9.17, 15) is 4.79 Å². The van der Waals surface area contributed by atoms with Crippen molar-refractivity contribution in [2.45, 2.75) is 38.3 Å². The highest BCUT2D eigenvalue weighted by Gasteiger charge is 2.17. The maximum Gasteiger partial charge on any atom is 0.307 e. The SMILES string of the molecule is O=C(O)Cc1cn(CC2CCCCO2)c2ccccc12. The van der Waals surface area contributed by atoms with Gasteiger partial charge >= 0.3 is 5.97 Å². The van der Waals surface area contributed by atoms with Gasteiger partial charge in [-0.15, -0.1) is 0 Å². The second-order valence-corrected chi connectivity index (χ2v) is 5.38. The summed E-state index contributed by atoms with van der Waals surface area (Å²) in [7, 11) is 0. The summed E-state index contributed by atoms with van der Waals surface area (Å²) in [4.78, 5) is 11.0. The maximum atomic E-state index is 11.0. The molecule has 1 aromatic heterocycles. The lowest BCUT2D eigenvalue weighted by Gasteiger charge is -2.23. The fourth-order valence-corrected chi connectivity index (χ4v) is 2.95. The molecule has 1 aliphatic heterocycles. The second-order valence-electron chi connectivity index (χ2n) is 5.38. The van der Waals surface area contributed by atoms with Crippen LogP contribution >= 0.6 is 0 Å². The zero-order valence-electron chi connectivity index (χ0n) is 11.4. The third-order valence-electron chi connectivity index (χ3n) is 3.89. The first kappa shape index (κ1) is 13.2. The molecule has 1 aliphatic rings. The molecule has 0 amide bonds. The Morgan fingerprint density at radius 3 is 2.95 bits per heavy atom. The number of carbonyl (C=O) groups is 1. The van der Waals surface area contributed by atoms with Gasteiger partial charge in [-0.2, -0.15) is 0 Å². The number of benzene rings is 1. The van der Waals surface area contributed by atoms with Gasteiger partial charge in [-0.1, -0.05) is 18.2 Å². The summed E-state index contributed by atoms with van der Waals surface area (Å²) in [6, 6.07) is 7.98. The lowest BCUT2D eigenvalue weighted by molar-refractivity contribution is -0.136. The number of aromatic nitrogens is 1. The Morgan fingerprint density at radius 2 is 2.20 bits per heavy atom. The molecule has 2 heterocycles. The van der Waals surface area contributed by atoms with Crippen molar-refractivity contribution in [3.05, 3.63) is 36.0 Å². The van der Waals surface area contributed by atoms with Crippen molar-refractivity contribution in [2.75, 3.05) is 6.61 Å². The van der Waals surface area contributed by atoms with E-state index in [2.05, 4.69) is 4.57 Å². The van der Waals surface area contributed by atoms with Gasteiger partial charge in [0.25, 0.3) is 0 Å². The minimum atomic E-state index is -0.790. The van der Waals surface area contributed by atoms with E-state index in [-0.39, 0.29) is 12.5 Å². The standard InChI is InChI=1S/C16H19NO3/c18-16(19)9-12-10-17(11-13-5-3-4-8-20-13)15-7-2-1-6-14(12)15/h1-2,6-7,10,13H,3-5,8-9,11H2,(H,18,19).